The van der Waals surface area contributed by atoms with Gasteiger partial charge in [0.2, 0.25) is 0 Å². The normalized spacial score (nSPS) is 26.2. The number of nitrogens with one attached hydrogen (secondary N) is 1. The van der Waals surface area contributed by atoms with Crippen LogP contribution in [-0.4, -0.2) is 12.3 Å². The van der Waals surface area contributed by atoms with Crippen molar-refractivity contribution in [3.05, 3.63) is 12.2 Å². The van der Waals surface area contributed by atoms with Crippen LogP contribution in [0.15, 0.2) is 17.3 Å². The highest BCUT2D eigenvalue weighted by Gasteiger charge is 2.15. The van der Waals surface area contributed by atoms with Crippen molar-refractivity contribution >= 4 is 5.71 Å². The highest BCUT2D eigenvalue weighted by Crippen LogP contribution is 2.21. The average Bonchev–Trinajstić information content (AvgIpc) is 2.35. The number of hydrogen-bond acceptors (Lipinski definition) is 2. The molecule has 0 bridgehead atoms. The summed E-state index contributed by atoms with van der Waals surface area (Å²) < 4.78 is 0. The van der Waals surface area contributed by atoms with E-state index in [2.05, 4.69) is 24.0 Å². The molecule has 0 aromatic carbocycles. The van der Waals surface area contributed by atoms with Crippen LogP contribution in [0, 0.1) is 5.92 Å². The molecule has 1 aliphatic carbocycles. The molecule has 0 amide bonds. The van der Waals surface area contributed by atoms with Crippen molar-refractivity contribution < 1.29 is 0 Å². The van der Waals surface area contributed by atoms with E-state index in [1.165, 1.54) is 25.0 Å². The first-order chi connectivity index (χ1) is 5.68. The molecular formula is C10H18N2. The van der Waals surface area contributed by atoms with Crippen molar-refractivity contribution in [1.29, 1.82) is 0 Å². The van der Waals surface area contributed by atoms with Gasteiger partial charge in [-0.3, -0.25) is 0 Å². The molecule has 1 rings (SSSR count). The minimum absolute atomic E-state index is 0.803. The van der Waals surface area contributed by atoms with Crippen molar-refractivity contribution in [1.82, 2.24) is 5.43 Å². The molecule has 1 atom stereocenters. The summed E-state index contributed by atoms with van der Waals surface area (Å²) in [7, 11) is 0. The lowest BCUT2D eigenvalue weighted by atomic mass is 10.1. The molecule has 0 radical (unpaired) electrons. The maximum Gasteiger partial charge on any atom is 0.0534 e. The summed E-state index contributed by atoms with van der Waals surface area (Å²) in [6.07, 6.45) is 3.64. The second-order valence-electron chi connectivity index (χ2n) is 3.82. The fourth-order valence-corrected chi connectivity index (χ4v) is 1.41. The van der Waals surface area contributed by atoms with Gasteiger partial charge in [-0.25, -0.2) is 0 Å². The van der Waals surface area contributed by atoms with E-state index in [0.717, 1.165) is 18.0 Å². The molecule has 1 aliphatic rings. The van der Waals surface area contributed by atoms with E-state index >= 15 is 0 Å². The van der Waals surface area contributed by atoms with Gasteiger partial charge in [-0.15, -0.1) is 0 Å². The van der Waals surface area contributed by atoms with E-state index in [0.29, 0.717) is 0 Å². The zero-order chi connectivity index (χ0) is 8.97. The molecule has 0 aliphatic heterocycles. The van der Waals surface area contributed by atoms with Gasteiger partial charge >= 0.3 is 0 Å². The van der Waals surface area contributed by atoms with E-state index in [1.807, 2.05) is 6.92 Å². The molecule has 0 aromatic heterocycles. The van der Waals surface area contributed by atoms with Gasteiger partial charge < -0.3 is 5.43 Å². The highest BCUT2D eigenvalue weighted by molar-refractivity contribution is 5.86. The lowest BCUT2D eigenvalue weighted by Gasteiger charge is -2.00. The van der Waals surface area contributed by atoms with Gasteiger partial charge in [0.1, 0.15) is 0 Å². The van der Waals surface area contributed by atoms with Crippen LogP contribution in [0.3, 0.4) is 0 Å². The van der Waals surface area contributed by atoms with Crippen LogP contribution in [-0.2, 0) is 0 Å². The van der Waals surface area contributed by atoms with Gasteiger partial charge in [0.15, 0.2) is 0 Å². The number of rotatable bonds is 3. The lowest BCUT2D eigenvalue weighted by Crippen LogP contribution is -2.10. The first kappa shape index (κ1) is 9.30. The van der Waals surface area contributed by atoms with E-state index in [-0.39, 0.29) is 0 Å². The SMILES string of the molecule is C=C(C)CN/N=C1\CCC(C)C1. The molecule has 1 unspecified atom stereocenters. The van der Waals surface area contributed by atoms with Crippen LogP contribution in [0.4, 0.5) is 0 Å². The maximum atomic E-state index is 4.32. The molecule has 1 N–H and O–H groups in total. The summed E-state index contributed by atoms with van der Waals surface area (Å²) in [6.45, 7) is 8.89. The molecule has 0 saturated heterocycles. The zero-order valence-electron chi connectivity index (χ0n) is 8.06. The second-order valence-corrected chi connectivity index (χ2v) is 3.82. The molecular weight excluding hydrogens is 148 g/mol. The largest absolute Gasteiger partial charge is 0.306 e. The van der Waals surface area contributed by atoms with Gasteiger partial charge in [-0.1, -0.05) is 19.1 Å². The van der Waals surface area contributed by atoms with Crippen molar-refractivity contribution in [3.63, 3.8) is 0 Å². The molecule has 1 saturated carbocycles. The average molecular weight is 166 g/mol. The first-order valence-electron chi connectivity index (χ1n) is 4.61. The topological polar surface area (TPSA) is 24.4 Å². The predicted octanol–water partition coefficient (Wildman–Crippen LogP) is 2.33. The van der Waals surface area contributed by atoms with E-state index < -0.39 is 0 Å². The minimum atomic E-state index is 0.803. The summed E-state index contributed by atoms with van der Waals surface area (Å²) >= 11 is 0. The number of hydrazone groups is 1. The number of hydrogen-bond donors (Lipinski definition) is 1. The van der Waals surface area contributed by atoms with Crippen molar-refractivity contribution in [2.75, 3.05) is 6.54 Å². The Bertz CT molecular complexity index is 194. The minimum Gasteiger partial charge on any atom is -0.306 e. The Morgan fingerprint density at radius 1 is 1.75 bits per heavy atom. The Labute approximate surface area is 74.7 Å². The van der Waals surface area contributed by atoms with Crippen LogP contribution < -0.4 is 5.43 Å². The lowest BCUT2D eigenvalue weighted by molar-refractivity contribution is 0.622. The molecule has 12 heavy (non-hydrogen) atoms. The monoisotopic (exact) mass is 166 g/mol. The quantitative estimate of drug-likeness (QED) is 0.505. The summed E-state index contributed by atoms with van der Waals surface area (Å²) in [6, 6.07) is 0. The molecule has 0 spiro atoms. The van der Waals surface area contributed by atoms with Crippen LogP contribution in [0.1, 0.15) is 33.1 Å². The van der Waals surface area contributed by atoms with Gasteiger partial charge in [-0.2, -0.15) is 5.10 Å². The van der Waals surface area contributed by atoms with Crippen LogP contribution in [0.25, 0.3) is 0 Å². The summed E-state index contributed by atoms with van der Waals surface area (Å²) in [5.41, 5.74) is 5.49. The van der Waals surface area contributed by atoms with Gasteiger partial charge in [0, 0.05) is 5.71 Å². The molecule has 1 fully saturated rings. The summed E-state index contributed by atoms with van der Waals surface area (Å²) in [5.74, 6) is 0.829. The van der Waals surface area contributed by atoms with Crippen molar-refractivity contribution in [2.24, 2.45) is 11.0 Å². The molecule has 2 nitrogen and oxygen atoms in total. The smallest absolute Gasteiger partial charge is 0.0534 e. The first-order valence-corrected chi connectivity index (χ1v) is 4.61. The van der Waals surface area contributed by atoms with E-state index in [1.54, 1.807) is 0 Å². The Hall–Kier alpha value is -0.790. The molecule has 68 valence electrons. The van der Waals surface area contributed by atoms with Crippen LogP contribution in [0.5, 0.6) is 0 Å². The van der Waals surface area contributed by atoms with Gasteiger partial charge in [-0.05, 0) is 32.1 Å². The van der Waals surface area contributed by atoms with Crippen molar-refractivity contribution in [3.8, 4) is 0 Å². The fraction of sp³-hybridized carbons (Fsp3) is 0.700. The Morgan fingerprint density at radius 2 is 2.50 bits per heavy atom. The Kier molecular flexibility index (Phi) is 3.32. The predicted molar refractivity (Wildman–Crippen MR) is 53.3 cm³/mol. The zero-order valence-corrected chi connectivity index (χ0v) is 8.06. The Balaban J connectivity index is 2.23. The second kappa shape index (κ2) is 4.29. The summed E-state index contributed by atoms with van der Waals surface area (Å²) in [4.78, 5) is 0. The fourth-order valence-electron chi connectivity index (χ4n) is 1.41. The van der Waals surface area contributed by atoms with E-state index in [4.69, 9.17) is 0 Å². The van der Waals surface area contributed by atoms with Crippen LogP contribution in [0.2, 0.25) is 0 Å². The van der Waals surface area contributed by atoms with E-state index in [9.17, 15) is 0 Å². The molecule has 0 aromatic rings. The molecule has 2 heteroatoms. The number of nitrogens with zero attached hydrogens (tertiary/aromatic N) is 1. The third-order valence-electron chi connectivity index (χ3n) is 2.13. The van der Waals surface area contributed by atoms with Crippen molar-refractivity contribution in [2.45, 2.75) is 33.1 Å². The third-order valence-corrected chi connectivity index (χ3v) is 2.13. The standard InChI is InChI=1S/C10H18N2/c1-8(2)7-11-12-10-5-4-9(3)6-10/h9,11H,1,4-7H2,2-3H3/b12-10+. The maximum absolute atomic E-state index is 4.32. The highest BCUT2D eigenvalue weighted by atomic mass is 15.3. The van der Waals surface area contributed by atoms with Gasteiger partial charge in [0.05, 0.1) is 6.54 Å². The summed E-state index contributed by atoms with van der Waals surface area (Å²) in [5, 5.41) is 4.32. The molecule has 0 heterocycles. The third kappa shape index (κ3) is 3.07. The van der Waals surface area contributed by atoms with Crippen LogP contribution >= 0.6 is 0 Å². The van der Waals surface area contributed by atoms with Gasteiger partial charge in [0.25, 0.3) is 0 Å². The Morgan fingerprint density at radius 3 is 3.00 bits per heavy atom.